The van der Waals surface area contributed by atoms with Gasteiger partial charge in [0, 0.05) is 26.1 Å². The molecule has 0 saturated carbocycles. The van der Waals surface area contributed by atoms with E-state index in [1.54, 1.807) is 4.90 Å². The van der Waals surface area contributed by atoms with Gasteiger partial charge in [0.15, 0.2) is 0 Å². The third-order valence-corrected chi connectivity index (χ3v) is 3.34. The molecule has 21 heavy (non-hydrogen) atoms. The Hall–Kier alpha value is -2.05. The van der Waals surface area contributed by atoms with E-state index in [9.17, 15) is 14.4 Å². The van der Waals surface area contributed by atoms with Gasteiger partial charge in [0.1, 0.15) is 6.04 Å². The molecule has 0 aromatic heterocycles. The van der Waals surface area contributed by atoms with Crippen molar-refractivity contribution in [2.24, 2.45) is 0 Å². The van der Waals surface area contributed by atoms with Gasteiger partial charge in [-0.1, -0.05) is 6.08 Å². The molecule has 1 heterocycles. The summed E-state index contributed by atoms with van der Waals surface area (Å²) >= 11 is 0. The molecule has 3 amide bonds. The first-order valence-corrected chi connectivity index (χ1v) is 7.20. The summed E-state index contributed by atoms with van der Waals surface area (Å²) in [7, 11) is 0. The van der Waals surface area contributed by atoms with Crippen molar-refractivity contribution in [1.29, 1.82) is 0 Å². The minimum absolute atomic E-state index is 0.0240. The monoisotopic (exact) mass is 297 g/mol. The third-order valence-electron chi connectivity index (χ3n) is 3.34. The SMILES string of the molecule is C=CCC(NC(=O)NCCC(=O)N1CCCCC1)C(=O)O. The number of hydrogen-bond acceptors (Lipinski definition) is 3. The molecule has 1 saturated heterocycles. The van der Waals surface area contributed by atoms with Gasteiger partial charge in [-0.3, -0.25) is 4.79 Å². The van der Waals surface area contributed by atoms with E-state index in [-0.39, 0.29) is 25.3 Å². The molecular weight excluding hydrogens is 274 g/mol. The van der Waals surface area contributed by atoms with E-state index < -0.39 is 18.0 Å². The highest BCUT2D eigenvalue weighted by Crippen LogP contribution is 2.09. The van der Waals surface area contributed by atoms with Crippen LogP contribution in [0.15, 0.2) is 12.7 Å². The van der Waals surface area contributed by atoms with Crippen LogP contribution in [0.5, 0.6) is 0 Å². The first-order valence-electron chi connectivity index (χ1n) is 7.20. The van der Waals surface area contributed by atoms with E-state index in [2.05, 4.69) is 17.2 Å². The van der Waals surface area contributed by atoms with Crippen LogP contribution in [-0.4, -0.2) is 53.6 Å². The average Bonchev–Trinajstić information content (AvgIpc) is 2.47. The van der Waals surface area contributed by atoms with Crippen molar-refractivity contribution in [3.63, 3.8) is 0 Å². The number of likely N-dealkylation sites (tertiary alicyclic amines) is 1. The van der Waals surface area contributed by atoms with Crippen LogP contribution < -0.4 is 10.6 Å². The normalized spacial score (nSPS) is 15.9. The maximum absolute atomic E-state index is 11.9. The van der Waals surface area contributed by atoms with E-state index in [1.165, 1.54) is 6.08 Å². The lowest BCUT2D eigenvalue weighted by atomic mass is 10.1. The summed E-state index contributed by atoms with van der Waals surface area (Å²) in [4.78, 5) is 36.1. The maximum Gasteiger partial charge on any atom is 0.326 e. The van der Waals surface area contributed by atoms with Gasteiger partial charge in [-0.05, 0) is 25.7 Å². The highest BCUT2D eigenvalue weighted by Gasteiger charge is 2.19. The fourth-order valence-electron chi connectivity index (χ4n) is 2.18. The minimum Gasteiger partial charge on any atom is -0.480 e. The summed E-state index contributed by atoms with van der Waals surface area (Å²) in [6, 6.07) is -1.59. The van der Waals surface area contributed by atoms with Crippen LogP contribution in [0.1, 0.15) is 32.1 Å². The van der Waals surface area contributed by atoms with Crippen molar-refractivity contribution in [1.82, 2.24) is 15.5 Å². The van der Waals surface area contributed by atoms with Crippen LogP contribution in [0, 0.1) is 0 Å². The molecule has 1 fully saturated rings. The lowest BCUT2D eigenvalue weighted by molar-refractivity contribution is -0.139. The number of rotatable bonds is 7. The number of carbonyl (C=O) groups is 3. The van der Waals surface area contributed by atoms with Gasteiger partial charge < -0.3 is 20.6 Å². The summed E-state index contributed by atoms with van der Waals surface area (Å²) in [6.07, 6.45) is 5.02. The molecule has 1 aliphatic rings. The Labute approximate surface area is 124 Å². The van der Waals surface area contributed by atoms with Crippen LogP contribution in [0.4, 0.5) is 4.79 Å². The summed E-state index contributed by atoms with van der Waals surface area (Å²) in [6.45, 7) is 5.20. The number of carboxylic acids is 1. The predicted octanol–water partition coefficient (Wildman–Crippen LogP) is 0.718. The molecule has 7 nitrogen and oxygen atoms in total. The van der Waals surface area contributed by atoms with Crippen molar-refractivity contribution in [2.75, 3.05) is 19.6 Å². The van der Waals surface area contributed by atoms with Crippen LogP contribution >= 0.6 is 0 Å². The minimum atomic E-state index is -1.12. The third kappa shape index (κ3) is 6.29. The second-order valence-corrected chi connectivity index (χ2v) is 5.01. The van der Waals surface area contributed by atoms with Crippen LogP contribution in [0.3, 0.4) is 0 Å². The Morgan fingerprint density at radius 3 is 2.48 bits per heavy atom. The van der Waals surface area contributed by atoms with Crippen molar-refractivity contribution >= 4 is 17.9 Å². The van der Waals surface area contributed by atoms with Crippen LogP contribution in [-0.2, 0) is 9.59 Å². The van der Waals surface area contributed by atoms with Gasteiger partial charge in [0.05, 0.1) is 0 Å². The predicted molar refractivity (Wildman–Crippen MR) is 77.8 cm³/mol. The zero-order valence-corrected chi connectivity index (χ0v) is 12.1. The van der Waals surface area contributed by atoms with Crippen molar-refractivity contribution < 1.29 is 19.5 Å². The average molecular weight is 297 g/mol. The first-order chi connectivity index (χ1) is 10.0. The molecule has 1 rings (SSSR count). The standard InChI is InChI=1S/C14H23N3O4/c1-2-6-11(13(19)20)16-14(21)15-8-7-12(18)17-9-4-3-5-10-17/h2,11H,1,3-10H2,(H,19,20)(H2,15,16,21). The molecule has 3 N–H and O–H groups in total. The summed E-state index contributed by atoms with van der Waals surface area (Å²) in [5.41, 5.74) is 0. The summed E-state index contributed by atoms with van der Waals surface area (Å²) in [5, 5.41) is 13.7. The molecule has 0 spiro atoms. The van der Waals surface area contributed by atoms with E-state index in [0.717, 1.165) is 32.4 Å². The zero-order chi connectivity index (χ0) is 15.7. The lowest BCUT2D eigenvalue weighted by Gasteiger charge is -2.26. The highest BCUT2D eigenvalue weighted by molar-refractivity contribution is 5.83. The molecule has 0 radical (unpaired) electrons. The van der Waals surface area contributed by atoms with Gasteiger partial charge in [0.25, 0.3) is 0 Å². The van der Waals surface area contributed by atoms with Crippen molar-refractivity contribution in [2.45, 2.75) is 38.1 Å². The molecule has 118 valence electrons. The van der Waals surface area contributed by atoms with Gasteiger partial charge >= 0.3 is 12.0 Å². The molecule has 1 unspecified atom stereocenters. The number of urea groups is 1. The van der Waals surface area contributed by atoms with Crippen molar-refractivity contribution in [3.05, 3.63) is 12.7 Å². The molecule has 0 aromatic rings. The number of nitrogens with zero attached hydrogens (tertiary/aromatic N) is 1. The Kier molecular flexibility index (Phi) is 7.28. The smallest absolute Gasteiger partial charge is 0.326 e. The fourth-order valence-corrected chi connectivity index (χ4v) is 2.18. The number of carbonyl (C=O) groups excluding carboxylic acids is 2. The molecular formula is C14H23N3O4. The molecule has 1 atom stereocenters. The first kappa shape index (κ1) is 17.0. The van der Waals surface area contributed by atoms with E-state index >= 15 is 0 Å². The van der Waals surface area contributed by atoms with E-state index in [0.29, 0.717) is 0 Å². The number of piperidine rings is 1. The van der Waals surface area contributed by atoms with Crippen molar-refractivity contribution in [3.8, 4) is 0 Å². The zero-order valence-electron chi connectivity index (χ0n) is 12.1. The van der Waals surface area contributed by atoms with Gasteiger partial charge in [-0.15, -0.1) is 6.58 Å². The van der Waals surface area contributed by atoms with E-state index in [1.807, 2.05) is 0 Å². The molecule has 7 heteroatoms. The van der Waals surface area contributed by atoms with Gasteiger partial charge in [0.2, 0.25) is 5.91 Å². The quantitative estimate of drug-likeness (QED) is 0.603. The fraction of sp³-hybridized carbons (Fsp3) is 0.643. The number of aliphatic carboxylic acids is 1. The number of amides is 3. The summed E-state index contributed by atoms with van der Waals surface area (Å²) in [5.74, 6) is -1.09. The number of carboxylic acid groups (broad SMARTS) is 1. The highest BCUT2D eigenvalue weighted by atomic mass is 16.4. The van der Waals surface area contributed by atoms with E-state index in [4.69, 9.17) is 5.11 Å². The maximum atomic E-state index is 11.9. The summed E-state index contributed by atoms with van der Waals surface area (Å²) < 4.78 is 0. The van der Waals surface area contributed by atoms with Gasteiger partial charge in [-0.2, -0.15) is 0 Å². The second kappa shape index (κ2) is 8.99. The van der Waals surface area contributed by atoms with Gasteiger partial charge in [-0.25, -0.2) is 9.59 Å². The second-order valence-electron chi connectivity index (χ2n) is 5.01. The van der Waals surface area contributed by atoms with Crippen LogP contribution in [0.25, 0.3) is 0 Å². The Bertz CT molecular complexity index is 392. The molecule has 1 aliphatic heterocycles. The van der Waals surface area contributed by atoms with Crippen LogP contribution in [0.2, 0.25) is 0 Å². The number of hydrogen-bond donors (Lipinski definition) is 3. The largest absolute Gasteiger partial charge is 0.480 e. The lowest BCUT2D eigenvalue weighted by Crippen LogP contribution is -2.46. The molecule has 0 aliphatic carbocycles. The Morgan fingerprint density at radius 1 is 1.24 bits per heavy atom. The molecule has 0 aromatic carbocycles. The molecule has 0 bridgehead atoms. The Balaban J connectivity index is 2.24. The topological polar surface area (TPSA) is 98.7 Å². The number of nitrogens with one attached hydrogen (secondary N) is 2. The Morgan fingerprint density at radius 2 is 1.90 bits per heavy atom.